The molecule has 0 aromatic heterocycles. The number of hydrogen-bond donors (Lipinski definition) is 1. The fraction of sp³-hybridized carbons (Fsp3) is 0.222. The molecule has 5 nitrogen and oxygen atoms in total. The highest BCUT2D eigenvalue weighted by molar-refractivity contribution is 5.95. The summed E-state index contributed by atoms with van der Waals surface area (Å²) in [5.41, 5.74) is 1.20. The summed E-state index contributed by atoms with van der Waals surface area (Å²) in [5.74, 6) is 0.197. The van der Waals surface area contributed by atoms with E-state index in [-0.39, 0.29) is 17.6 Å². The van der Waals surface area contributed by atoms with Crippen molar-refractivity contribution >= 4 is 17.5 Å². The van der Waals surface area contributed by atoms with Gasteiger partial charge >= 0.3 is 6.03 Å². The average Bonchev–Trinajstić information content (AvgIpc) is 2.57. The first kappa shape index (κ1) is 17.5. The zero-order chi connectivity index (χ0) is 17.5. The number of ketones is 1. The van der Waals surface area contributed by atoms with Gasteiger partial charge in [0.25, 0.3) is 0 Å². The number of nitrogens with one attached hydrogen (secondary N) is 1. The molecular formula is C18H19FN2O3. The first-order valence-corrected chi connectivity index (χ1v) is 7.47. The second-order valence-corrected chi connectivity index (χ2v) is 5.29. The van der Waals surface area contributed by atoms with E-state index in [1.807, 2.05) is 0 Å². The van der Waals surface area contributed by atoms with E-state index in [2.05, 4.69) is 5.32 Å². The Hall–Kier alpha value is -2.89. The van der Waals surface area contributed by atoms with Gasteiger partial charge in [0.2, 0.25) is 0 Å². The Balaban J connectivity index is 1.79. The molecule has 2 amide bonds. The molecule has 1 N–H and O–H groups in total. The van der Waals surface area contributed by atoms with E-state index < -0.39 is 0 Å². The number of hydrogen-bond acceptors (Lipinski definition) is 3. The summed E-state index contributed by atoms with van der Waals surface area (Å²) in [7, 11) is 1.65. The predicted octanol–water partition coefficient (Wildman–Crippen LogP) is 3.57. The lowest BCUT2D eigenvalue weighted by atomic mass is 10.1. The number of ether oxygens (including phenoxy) is 1. The highest BCUT2D eigenvalue weighted by Gasteiger charge is 2.09. The van der Waals surface area contributed by atoms with Crippen LogP contribution in [-0.2, 0) is 0 Å². The fourth-order valence-electron chi connectivity index (χ4n) is 1.94. The third kappa shape index (κ3) is 5.08. The maximum Gasteiger partial charge on any atom is 0.321 e. The van der Waals surface area contributed by atoms with Crippen LogP contribution in [0.3, 0.4) is 0 Å². The van der Waals surface area contributed by atoms with Crippen molar-refractivity contribution < 1.29 is 18.7 Å². The molecule has 126 valence electrons. The lowest BCUT2D eigenvalue weighted by Crippen LogP contribution is -2.34. The average molecular weight is 330 g/mol. The van der Waals surface area contributed by atoms with Crippen LogP contribution >= 0.6 is 0 Å². The Kier molecular flexibility index (Phi) is 5.89. The highest BCUT2D eigenvalue weighted by atomic mass is 19.1. The molecule has 2 aromatic carbocycles. The first-order chi connectivity index (χ1) is 11.5. The van der Waals surface area contributed by atoms with Crippen molar-refractivity contribution in [3.63, 3.8) is 0 Å². The van der Waals surface area contributed by atoms with Gasteiger partial charge < -0.3 is 15.0 Å². The van der Waals surface area contributed by atoms with E-state index in [9.17, 15) is 14.0 Å². The Morgan fingerprint density at radius 1 is 1.08 bits per heavy atom. The standard InChI is InChI=1S/C18H19FN2O3/c1-13(22)14-3-7-16(8-4-14)20-18(23)21(2)11-12-24-17-9-5-15(19)6-10-17/h3-10H,11-12H2,1-2H3,(H,20,23). The number of halogens is 1. The predicted molar refractivity (Wildman–Crippen MR) is 90.0 cm³/mol. The quantitative estimate of drug-likeness (QED) is 0.824. The normalized spacial score (nSPS) is 10.1. The molecule has 0 saturated heterocycles. The molecule has 0 unspecified atom stereocenters. The topological polar surface area (TPSA) is 58.6 Å². The molecule has 0 heterocycles. The van der Waals surface area contributed by atoms with Crippen LogP contribution < -0.4 is 10.1 Å². The highest BCUT2D eigenvalue weighted by Crippen LogP contribution is 2.12. The zero-order valence-electron chi connectivity index (χ0n) is 13.6. The molecule has 24 heavy (non-hydrogen) atoms. The first-order valence-electron chi connectivity index (χ1n) is 7.47. The summed E-state index contributed by atoms with van der Waals surface area (Å²) >= 11 is 0. The van der Waals surface area contributed by atoms with Gasteiger partial charge in [0.15, 0.2) is 5.78 Å². The van der Waals surface area contributed by atoms with Crippen LogP contribution in [0.5, 0.6) is 5.75 Å². The van der Waals surface area contributed by atoms with E-state index in [1.165, 1.54) is 36.1 Å². The SMILES string of the molecule is CC(=O)c1ccc(NC(=O)N(C)CCOc2ccc(F)cc2)cc1. The van der Waals surface area contributed by atoms with Crippen LogP contribution in [0.25, 0.3) is 0 Å². The van der Waals surface area contributed by atoms with E-state index in [0.29, 0.717) is 30.2 Å². The molecule has 0 saturated carbocycles. The molecule has 2 aromatic rings. The smallest absolute Gasteiger partial charge is 0.321 e. The van der Waals surface area contributed by atoms with Crippen LogP contribution in [0.15, 0.2) is 48.5 Å². The number of rotatable bonds is 6. The van der Waals surface area contributed by atoms with E-state index in [0.717, 1.165) is 0 Å². The second kappa shape index (κ2) is 8.10. The van der Waals surface area contributed by atoms with E-state index in [4.69, 9.17) is 4.74 Å². The summed E-state index contributed by atoms with van der Waals surface area (Å²) in [6, 6.07) is 12.1. The van der Waals surface area contributed by atoms with E-state index >= 15 is 0 Å². The minimum Gasteiger partial charge on any atom is -0.492 e. The number of anilines is 1. The van der Waals surface area contributed by atoms with Gasteiger partial charge in [0, 0.05) is 18.3 Å². The molecule has 0 atom stereocenters. The summed E-state index contributed by atoms with van der Waals surface area (Å²) in [5, 5.41) is 2.73. The number of nitrogens with zero attached hydrogens (tertiary/aromatic N) is 1. The lowest BCUT2D eigenvalue weighted by molar-refractivity contribution is 0.101. The van der Waals surface area contributed by atoms with Crippen LogP contribution in [-0.4, -0.2) is 36.9 Å². The maximum absolute atomic E-state index is 12.8. The third-order valence-electron chi connectivity index (χ3n) is 3.40. The van der Waals surface area contributed by atoms with Gasteiger partial charge in [-0.05, 0) is 55.5 Å². The zero-order valence-corrected chi connectivity index (χ0v) is 13.6. The minimum atomic E-state index is -0.324. The molecular weight excluding hydrogens is 311 g/mol. The second-order valence-electron chi connectivity index (χ2n) is 5.29. The number of benzene rings is 2. The van der Waals surface area contributed by atoms with Crippen LogP contribution in [0, 0.1) is 5.82 Å². The van der Waals surface area contributed by atoms with Crippen molar-refractivity contribution in [1.29, 1.82) is 0 Å². The van der Waals surface area contributed by atoms with Crippen LogP contribution in [0.4, 0.5) is 14.9 Å². The van der Waals surface area contributed by atoms with Crippen molar-refractivity contribution in [3.8, 4) is 5.75 Å². The van der Waals surface area contributed by atoms with Crippen molar-refractivity contribution in [2.75, 3.05) is 25.5 Å². The van der Waals surface area contributed by atoms with Gasteiger partial charge in [-0.15, -0.1) is 0 Å². The van der Waals surface area contributed by atoms with Crippen LogP contribution in [0.2, 0.25) is 0 Å². The van der Waals surface area contributed by atoms with Crippen LogP contribution in [0.1, 0.15) is 17.3 Å². The lowest BCUT2D eigenvalue weighted by Gasteiger charge is -2.18. The Labute approximate surface area is 140 Å². The van der Waals surface area contributed by atoms with Gasteiger partial charge in [-0.1, -0.05) is 0 Å². The fourth-order valence-corrected chi connectivity index (χ4v) is 1.94. The van der Waals surface area contributed by atoms with Gasteiger partial charge in [-0.25, -0.2) is 9.18 Å². The van der Waals surface area contributed by atoms with Gasteiger partial charge in [0.1, 0.15) is 18.2 Å². The summed E-state index contributed by atoms with van der Waals surface area (Å²) < 4.78 is 18.2. The Morgan fingerprint density at radius 3 is 2.29 bits per heavy atom. The monoisotopic (exact) mass is 330 g/mol. The number of likely N-dealkylation sites (N-methyl/N-ethyl adjacent to an activating group) is 1. The summed E-state index contributed by atoms with van der Waals surface area (Å²) in [6.07, 6.45) is 0. The maximum atomic E-state index is 12.8. The number of Topliss-reactive ketones (excluding diaryl/α,β-unsaturated/α-hetero) is 1. The molecule has 0 bridgehead atoms. The molecule has 0 radical (unpaired) electrons. The number of urea groups is 1. The minimum absolute atomic E-state index is 0.0251. The summed E-state index contributed by atoms with van der Waals surface area (Å²) in [4.78, 5) is 24.7. The van der Waals surface area contributed by atoms with Gasteiger partial charge in [0.05, 0.1) is 6.54 Å². The number of amides is 2. The van der Waals surface area contributed by atoms with E-state index in [1.54, 1.807) is 31.3 Å². The molecule has 0 fully saturated rings. The molecule has 0 aliphatic rings. The number of carbonyl (C=O) groups excluding carboxylic acids is 2. The Morgan fingerprint density at radius 2 is 1.71 bits per heavy atom. The van der Waals surface area contributed by atoms with Crippen molar-refractivity contribution in [2.45, 2.75) is 6.92 Å². The molecule has 0 aliphatic heterocycles. The van der Waals surface area contributed by atoms with Crippen molar-refractivity contribution in [1.82, 2.24) is 4.90 Å². The molecule has 2 rings (SSSR count). The van der Waals surface area contributed by atoms with Crippen molar-refractivity contribution in [3.05, 3.63) is 59.9 Å². The van der Waals surface area contributed by atoms with Gasteiger partial charge in [-0.3, -0.25) is 4.79 Å². The van der Waals surface area contributed by atoms with Crippen molar-refractivity contribution in [2.24, 2.45) is 0 Å². The third-order valence-corrected chi connectivity index (χ3v) is 3.40. The largest absolute Gasteiger partial charge is 0.492 e. The number of carbonyl (C=O) groups is 2. The Bertz CT molecular complexity index is 699. The summed E-state index contributed by atoms with van der Waals surface area (Å²) in [6.45, 7) is 2.15. The molecule has 0 spiro atoms. The van der Waals surface area contributed by atoms with Gasteiger partial charge in [-0.2, -0.15) is 0 Å². The molecule has 0 aliphatic carbocycles. The molecule has 6 heteroatoms.